The quantitative estimate of drug-likeness (QED) is 0.743. The molecule has 0 bridgehead atoms. The van der Waals surface area contributed by atoms with Crippen LogP contribution in [0.1, 0.15) is 16.1 Å². The monoisotopic (exact) mass is 339 g/mol. The van der Waals surface area contributed by atoms with Gasteiger partial charge in [0.05, 0.1) is 22.3 Å². The minimum Gasteiger partial charge on any atom is -0.480 e. The highest BCUT2D eigenvalue weighted by Crippen LogP contribution is 2.11. The van der Waals surface area contributed by atoms with E-state index < -0.39 is 23.7 Å². The van der Waals surface area contributed by atoms with Gasteiger partial charge in [0.2, 0.25) is 0 Å². The summed E-state index contributed by atoms with van der Waals surface area (Å²) >= 11 is 0. The molecule has 0 aliphatic heterocycles. The standard InChI is InChI=1S/C18H14FN3O3/c19-13-6-2-1-5-12(13)17(23)22-16(18(24)25)9-11-10-20-14-7-3-4-8-15(14)21-11/h1-8,10,16H,9H2,(H,22,23)(H,24,25)/t16-/m1/s1. The largest absolute Gasteiger partial charge is 0.480 e. The predicted octanol–water partition coefficient (Wildman–Crippen LogP) is 2.19. The van der Waals surface area contributed by atoms with Crippen molar-refractivity contribution in [2.75, 3.05) is 0 Å². The first-order valence-electron chi connectivity index (χ1n) is 7.53. The summed E-state index contributed by atoms with van der Waals surface area (Å²) < 4.78 is 13.7. The number of carbonyl (C=O) groups is 2. The molecule has 7 heteroatoms. The van der Waals surface area contributed by atoms with Crippen LogP contribution in [0.3, 0.4) is 0 Å². The third kappa shape index (κ3) is 3.77. The molecule has 2 aromatic carbocycles. The molecule has 0 unspecified atom stereocenters. The lowest BCUT2D eigenvalue weighted by atomic mass is 10.1. The average molecular weight is 339 g/mol. The summed E-state index contributed by atoms with van der Waals surface area (Å²) in [5, 5.41) is 11.7. The van der Waals surface area contributed by atoms with Gasteiger partial charge in [0.25, 0.3) is 5.91 Å². The number of benzene rings is 2. The number of nitrogens with zero attached hydrogens (tertiary/aromatic N) is 2. The number of amides is 1. The van der Waals surface area contributed by atoms with Crippen molar-refractivity contribution in [3.63, 3.8) is 0 Å². The van der Waals surface area contributed by atoms with Crippen molar-refractivity contribution in [2.24, 2.45) is 0 Å². The molecule has 3 aromatic rings. The Kier molecular flexibility index (Phi) is 4.65. The highest BCUT2D eigenvalue weighted by atomic mass is 19.1. The smallest absolute Gasteiger partial charge is 0.326 e. The zero-order valence-electron chi connectivity index (χ0n) is 13.0. The molecule has 1 heterocycles. The van der Waals surface area contributed by atoms with E-state index in [4.69, 9.17) is 0 Å². The van der Waals surface area contributed by atoms with Crippen LogP contribution in [0.2, 0.25) is 0 Å². The van der Waals surface area contributed by atoms with Crippen LogP contribution in [-0.4, -0.2) is 33.0 Å². The zero-order valence-corrected chi connectivity index (χ0v) is 13.0. The van der Waals surface area contributed by atoms with Crippen LogP contribution in [-0.2, 0) is 11.2 Å². The van der Waals surface area contributed by atoms with Crippen LogP contribution in [0, 0.1) is 5.82 Å². The number of nitrogens with one attached hydrogen (secondary N) is 1. The summed E-state index contributed by atoms with van der Waals surface area (Å²) in [7, 11) is 0. The summed E-state index contributed by atoms with van der Waals surface area (Å²) in [6, 6.07) is 11.3. The Morgan fingerprint density at radius 3 is 2.48 bits per heavy atom. The van der Waals surface area contributed by atoms with Crippen molar-refractivity contribution in [2.45, 2.75) is 12.5 Å². The van der Waals surface area contributed by atoms with Crippen molar-refractivity contribution in [1.29, 1.82) is 0 Å². The molecule has 0 saturated carbocycles. The van der Waals surface area contributed by atoms with Crippen LogP contribution in [0.4, 0.5) is 4.39 Å². The second-order valence-electron chi connectivity index (χ2n) is 5.40. The molecule has 0 aliphatic carbocycles. The Morgan fingerprint density at radius 1 is 1.08 bits per heavy atom. The first-order valence-corrected chi connectivity index (χ1v) is 7.53. The van der Waals surface area contributed by atoms with Crippen molar-refractivity contribution >= 4 is 22.9 Å². The second kappa shape index (κ2) is 7.04. The topological polar surface area (TPSA) is 92.2 Å². The number of carboxylic acid groups (broad SMARTS) is 1. The van der Waals surface area contributed by atoms with Gasteiger partial charge in [0.1, 0.15) is 11.9 Å². The molecule has 0 radical (unpaired) electrons. The molecule has 0 spiro atoms. The first-order chi connectivity index (χ1) is 12.0. The van der Waals surface area contributed by atoms with E-state index in [1.165, 1.54) is 24.4 Å². The number of halogens is 1. The van der Waals surface area contributed by atoms with Gasteiger partial charge in [-0.2, -0.15) is 0 Å². The third-order valence-corrected chi connectivity index (χ3v) is 3.63. The zero-order chi connectivity index (χ0) is 17.8. The van der Waals surface area contributed by atoms with Gasteiger partial charge in [0.15, 0.2) is 0 Å². The highest BCUT2D eigenvalue weighted by molar-refractivity contribution is 5.96. The van der Waals surface area contributed by atoms with Crippen LogP contribution < -0.4 is 5.32 Å². The lowest BCUT2D eigenvalue weighted by Gasteiger charge is -2.14. The van der Waals surface area contributed by atoms with Gasteiger partial charge in [-0.05, 0) is 24.3 Å². The van der Waals surface area contributed by atoms with Crippen LogP contribution >= 0.6 is 0 Å². The maximum atomic E-state index is 13.7. The minimum absolute atomic E-state index is 0.0621. The number of rotatable bonds is 5. The van der Waals surface area contributed by atoms with E-state index >= 15 is 0 Å². The van der Waals surface area contributed by atoms with Crippen molar-refractivity contribution < 1.29 is 19.1 Å². The van der Waals surface area contributed by atoms with E-state index in [0.29, 0.717) is 16.7 Å². The fourth-order valence-electron chi connectivity index (χ4n) is 2.38. The maximum Gasteiger partial charge on any atom is 0.326 e. The Bertz CT molecular complexity index is 946. The number of fused-ring (bicyclic) bond motifs is 1. The van der Waals surface area contributed by atoms with Crippen molar-refractivity contribution in [1.82, 2.24) is 15.3 Å². The lowest BCUT2D eigenvalue weighted by Crippen LogP contribution is -2.42. The molecule has 6 nitrogen and oxygen atoms in total. The molecule has 1 aromatic heterocycles. The molecular formula is C18H14FN3O3. The van der Waals surface area contributed by atoms with Gasteiger partial charge in [-0.25, -0.2) is 14.2 Å². The number of carboxylic acids is 1. The predicted molar refractivity (Wildman–Crippen MR) is 88.5 cm³/mol. The van der Waals surface area contributed by atoms with E-state index in [2.05, 4.69) is 15.3 Å². The fourth-order valence-corrected chi connectivity index (χ4v) is 2.38. The maximum absolute atomic E-state index is 13.7. The minimum atomic E-state index is -1.25. The molecular weight excluding hydrogens is 325 g/mol. The molecule has 25 heavy (non-hydrogen) atoms. The summed E-state index contributed by atoms with van der Waals surface area (Å²) in [5.41, 5.74) is 1.52. The van der Waals surface area contributed by atoms with Crippen LogP contribution in [0.5, 0.6) is 0 Å². The molecule has 126 valence electrons. The Hall–Kier alpha value is -3.35. The van der Waals surface area contributed by atoms with Crippen molar-refractivity contribution in [3.05, 3.63) is 71.8 Å². The van der Waals surface area contributed by atoms with Crippen LogP contribution in [0.25, 0.3) is 11.0 Å². The number of hydrogen-bond acceptors (Lipinski definition) is 4. The van der Waals surface area contributed by atoms with Gasteiger partial charge in [-0.3, -0.25) is 9.78 Å². The van der Waals surface area contributed by atoms with E-state index in [-0.39, 0.29) is 12.0 Å². The van der Waals surface area contributed by atoms with E-state index in [1.54, 1.807) is 18.2 Å². The first kappa shape index (κ1) is 16.5. The molecule has 0 saturated heterocycles. The second-order valence-corrected chi connectivity index (χ2v) is 5.40. The number of para-hydroxylation sites is 2. The summed E-state index contributed by atoms with van der Waals surface area (Å²) in [6.45, 7) is 0. The normalized spacial score (nSPS) is 11.9. The number of carbonyl (C=O) groups excluding carboxylic acids is 1. The van der Waals surface area contributed by atoms with Crippen molar-refractivity contribution in [3.8, 4) is 0 Å². The molecule has 2 N–H and O–H groups in total. The number of hydrogen-bond donors (Lipinski definition) is 2. The molecule has 1 amide bonds. The van der Waals surface area contributed by atoms with Gasteiger partial charge >= 0.3 is 5.97 Å². The average Bonchev–Trinajstić information content (AvgIpc) is 2.61. The van der Waals surface area contributed by atoms with Crippen LogP contribution in [0.15, 0.2) is 54.7 Å². The van der Waals surface area contributed by atoms with Gasteiger partial charge in [0, 0.05) is 12.6 Å². The Labute approximate surface area is 142 Å². The highest BCUT2D eigenvalue weighted by Gasteiger charge is 2.23. The molecule has 0 aliphatic rings. The summed E-state index contributed by atoms with van der Waals surface area (Å²) in [5.74, 6) is -2.74. The SMILES string of the molecule is O=C(N[C@H](Cc1cnc2ccccc2n1)C(=O)O)c1ccccc1F. The summed E-state index contributed by atoms with van der Waals surface area (Å²) in [6.07, 6.45) is 1.40. The van der Waals surface area contributed by atoms with Gasteiger partial charge < -0.3 is 10.4 Å². The fraction of sp³-hybridized carbons (Fsp3) is 0.111. The van der Waals surface area contributed by atoms with Gasteiger partial charge in [-0.1, -0.05) is 24.3 Å². The molecule has 3 rings (SSSR count). The van der Waals surface area contributed by atoms with E-state index in [0.717, 1.165) is 6.07 Å². The Balaban J connectivity index is 1.80. The van der Waals surface area contributed by atoms with E-state index in [9.17, 15) is 19.1 Å². The molecule has 0 fully saturated rings. The lowest BCUT2D eigenvalue weighted by molar-refractivity contribution is -0.139. The Morgan fingerprint density at radius 2 is 1.76 bits per heavy atom. The number of aliphatic carboxylic acids is 1. The number of aromatic nitrogens is 2. The van der Waals surface area contributed by atoms with E-state index in [1.807, 2.05) is 6.07 Å². The molecule has 1 atom stereocenters. The summed E-state index contributed by atoms with van der Waals surface area (Å²) in [4.78, 5) is 32.2. The third-order valence-electron chi connectivity index (χ3n) is 3.63. The van der Waals surface area contributed by atoms with Gasteiger partial charge in [-0.15, -0.1) is 0 Å².